The molecule has 0 saturated heterocycles. The predicted octanol–water partition coefficient (Wildman–Crippen LogP) is 4.23. The van der Waals surface area contributed by atoms with Crippen molar-refractivity contribution < 1.29 is 9.84 Å². The normalized spacial score (nSPS) is 10.3. The highest BCUT2D eigenvalue weighted by atomic mass is 127. The molecule has 0 aliphatic rings. The molecule has 0 bridgehead atoms. The van der Waals surface area contributed by atoms with Crippen LogP contribution in [0.3, 0.4) is 0 Å². The van der Waals surface area contributed by atoms with Crippen molar-refractivity contribution in [1.29, 1.82) is 0 Å². The summed E-state index contributed by atoms with van der Waals surface area (Å²) in [6.07, 6.45) is 0. The van der Waals surface area contributed by atoms with Crippen molar-refractivity contribution in [2.24, 2.45) is 0 Å². The highest BCUT2D eigenvalue weighted by Crippen LogP contribution is 2.27. The molecule has 2 aromatic carbocycles. The fourth-order valence-corrected chi connectivity index (χ4v) is 2.13. The van der Waals surface area contributed by atoms with E-state index in [2.05, 4.69) is 22.6 Å². The molecule has 0 amide bonds. The van der Waals surface area contributed by atoms with E-state index in [4.69, 9.17) is 21.4 Å². The lowest BCUT2D eigenvalue weighted by atomic mass is 10.2. The molecule has 0 saturated carbocycles. The molecule has 17 heavy (non-hydrogen) atoms. The van der Waals surface area contributed by atoms with Gasteiger partial charge in [-0.15, -0.1) is 0 Å². The molecule has 2 aromatic rings. The molecule has 0 spiro atoms. The number of aliphatic hydroxyl groups is 1. The summed E-state index contributed by atoms with van der Waals surface area (Å²) in [6, 6.07) is 13.0. The van der Waals surface area contributed by atoms with E-state index in [9.17, 15) is 0 Å². The molecule has 2 rings (SSSR count). The van der Waals surface area contributed by atoms with Gasteiger partial charge in [0.15, 0.2) is 0 Å². The summed E-state index contributed by atoms with van der Waals surface area (Å²) in [6.45, 7) is -0.0671. The molecule has 88 valence electrons. The van der Waals surface area contributed by atoms with Gasteiger partial charge in [-0.05, 0) is 58.5 Å². The van der Waals surface area contributed by atoms with Gasteiger partial charge in [0, 0.05) is 8.59 Å². The van der Waals surface area contributed by atoms with E-state index in [1.54, 1.807) is 18.2 Å². The third kappa shape index (κ3) is 3.34. The summed E-state index contributed by atoms with van der Waals surface area (Å²) < 4.78 is 6.78. The van der Waals surface area contributed by atoms with Crippen LogP contribution in [0.5, 0.6) is 11.5 Å². The molecule has 0 radical (unpaired) electrons. The fraction of sp³-hybridized carbons (Fsp3) is 0.0769. The van der Waals surface area contributed by atoms with Crippen LogP contribution in [0.4, 0.5) is 0 Å². The minimum absolute atomic E-state index is 0.0671. The maximum absolute atomic E-state index is 9.01. The lowest BCUT2D eigenvalue weighted by Crippen LogP contribution is -1.88. The van der Waals surface area contributed by atoms with Gasteiger partial charge in [0.1, 0.15) is 11.5 Å². The minimum Gasteiger partial charge on any atom is -0.457 e. The van der Waals surface area contributed by atoms with Gasteiger partial charge in [0.2, 0.25) is 0 Å². The van der Waals surface area contributed by atoms with E-state index < -0.39 is 0 Å². The molecule has 0 aliphatic heterocycles. The molecule has 0 aliphatic carbocycles. The van der Waals surface area contributed by atoms with Crippen LogP contribution < -0.4 is 4.74 Å². The summed E-state index contributed by atoms with van der Waals surface area (Å²) in [5.41, 5.74) is 0.696. The van der Waals surface area contributed by atoms with E-state index in [1.807, 2.05) is 24.3 Å². The standard InChI is InChI=1S/C13H10ClIO2/c14-13-7-12(5-4-9(13)8-16)17-11-3-1-2-10(15)6-11/h1-7,16H,8H2. The molecule has 1 N–H and O–H groups in total. The summed E-state index contributed by atoms with van der Waals surface area (Å²) in [7, 11) is 0. The van der Waals surface area contributed by atoms with Crippen LogP contribution in [0, 0.1) is 3.57 Å². The third-order valence-corrected chi connectivity index (χ3v) is 3.25. The highest BCUT2D eigenvalue weighted by molar-refractivity contribution is 14.1. The number of benzene rings is 2. The Kier molecular flexibility index (Phi) is 4.25. The molecule has 2 nitrogen and oxygen atoms in total. The first-order valence-corrected chi connectivity index (χ1v) is 6.47. The molecular weight excluding hydrogens is 350 g/mol. The molecule has 0 heterocycles. The van der Waals surface area contributed by atoms with Crippen molar-refractivity contribution in [3.8, 4) is 11.5 Å². The molecule has 0 fully saturated rings. The zero-order valence-electron chi connectivity index (χ0n) is 8.86. The van der Waals surface area contributed by atoms with Gasteiger partial charge >= 0.3 is 0 Å². The fourth-order valence-electron chi connectivity index (χ4n) is 1.39. The number of hydrogen-bond acceptors (Lipinski definition) is 2. The first-order chi connectivity index (χ1) is 8.19. The van der Waals surface area contributed by atoms with Gasteiger partial charge < -0.3 is 9.84 Å². The Hall–Kier alpha value is -0.780. The van der Waals surface area contributed by atoms with Crippen LogP contribution in [-0.4, -0.2) is 5.11 Å². The van der Waals surface area contributed by atoms with Crippen LogP contribution in [0.2, 0.25) is 5.02 Å². The summed E-state index contributed by atoms with van der Waals surface area (Å²) >= 11 is 8.21. The number of hydrogen-bond donors (Lipinski definition) is 1. The lowest BCUT2D eigenvalue weighted by Gasteiger charge is -2.08. The van der Waals surface area contributed by atoms with Gasteiger partial charge in [-0.1, -0.05) is 23.7 Å². The van der Waals surface area contributed by atoms with E-state index in [0.29, 0.717) is 16.3 Å². The quantitative estimate of drug-likeness (QED) is 0.830. The monoisotopic (exact) mass is 360 g/mol. The van der Waals surface area contributed by atoms with Gasteiger partial charge in [-0.25, -0.2) is 0 Å². The maximum Gasteiger partial charge on any atom is 0.128 e. The average Bonchev–Trinajstić information content (AvgIpc) is 2.29. The van der Waals surface area contributed by atoms with E-state index in [0.717, 1.165) is 9.32 Å². The zero-order valence-corrected chi connectivity index (χ0v) is 11.8. The second kappa shape index (κ2) is 5.71. The Bertz CT molecular complexity index is 529. The van der Waals surface area contributed by atoms with Crippen LogP contribution >= 0.6 is 34.2 Å². The topological polar surface area (TPSA) is 29.5 Å². The van der Waals surface area contributed by atoms with Crippen LogP contribution in [0.1, 0.15) is 5.56 Å². The Morgan fingerprint density at radius 1 is 1.12 bits per heavy atom. The Morgan fingerprint density at radius 2 is 1.88 bits per heavy atom. The predicted molar refractivity (Wildman–Crippen MR) is 76.6 cm³/mol. The molecule has 0 atom stereocenters. The van der Waals surface area contributed by atoms with Crippen molar-refractivity contribution in [2.75, 3.05) is 0 Å². The van der Waals surface area contributed by atoms with Gasteiger partial charge in [-0.2, -0.15) is 0 Å². The van der Waals surface area contributed by atoms with Crippen LogP contribution in [0.15, 0.2) is 42.5 Å². The zero-order chi connectivity index (χ0) is 12.3. The number of rotatable bonds is 3. The second-order valence-corrected chi connectivity index (χ2v) is 5.12. The van der Waals surface area contributed by atoms with Gasteiger partial charge in [0.05, 0.1) is 6.61 Å². The van der Waals surface area contributed by atoms with E-state index >= 15 is 0 Å². The maximum atomic E-state index is 9.01. The Balaban J connectivity index is 2.22. The van der Waals surface area contributed by atoms with Gasteiger partial charge in [0.25, 0.3) is 0 Å². The smallest absolute Gasteiger partial charge is 0.128 e. The Morgan fingerprint density at radius 3 is 2.53 bits per heavy atom. The summed E-state index contributed by atoms with van der Waals surface area (Å²) in [5.74, 6) is 1.43. The largest absolute Gasteiger partial charge is 0.457 e. The van der Waals surface area contributed by atoms with Crippen molar-refractivity contribution in [1.82, 2.24) is 0 Å². The van der Waals surface area contributed by atoms with Crippen molar-refractivity contribution in [3.05, 3.63) is 56.6 Å². The average molecular weight is 361 g/mol. The minimum atomic E-state index is -0.0671. The number of aliphatic hydroxyl groups excluding tert-OH is 1. The van der Waals surface area contributed by atoms with Crippen molar-refractivity contribution in [2.45, 2.75) is 6.61 Å². The SMILES string of the molecule is OCc1ccc(Oc2cccc(I)c2)cc1Cl. The highest BCUT2D eigenvalue weighted by Gasteiger charge is 2.03. The third-order valence-electron chi connectivity index (χ3n) is 2.23. The number of halogens is 2. The Labute approximate surface area is 118 Å². The van der Waals surface area contributed by atoms with Crippen molar-refractivity contribution >= 4 is 34.2 Å². The van der Waals surface area contributed by atoms with Gasteiger partial charge in [-0.3, -0.25) is 0 Å². The van der Waals surface area contributed by atoms with Crippen LogP contribution in [-0.2, 0) is 6.61 Å². The molecule has 0 unspecified atom stereocenters. The first-order valence-electron chi connectivity index (χ1n) is 5.02. The molecular formula is C13H10ClIO2. The van der Waals surface area contributed by atoms with E-state index in [1.165, 1.54) is 0 Å². The second-order valence-electron chi connectivity index (χ2n) is 3.47. The first kappa shape index (κ1) is 12.7. The van der Waals surface area contributed by atoms with Crippen LogP contribution in [0.25, 0.3) is 0 Å². The molecule has 4 heteroatoms. The number of ether oxygens (including phenoxy) is 1. The lowest BCUT2D eigenvalue weighted by molar-refractivity contribution is 0.282. The summed E-state index contributed by atoms with van der Waals surface area (Å²) in [5, 5.41) is 9.52. The van der Waals surface area contributed by atoms with E-state index in [-0.39, 0.29) is 6.61 Å². The molecule has 0 aromatic heterocycles. The van der Waals surface area contributed by atoms with Crippen molar-refractivity contribution in [3.63, 3.8) is 0 Å². The summed E-state index contributed by atoms with van der Waals surface area (Å²) in [4.78, 5) is 0.